The average molecular weight is 301 g/mol. The predicted molar refractivity (Wildman–Crippen MR) is 88.5 cm³/mol. The summed E-state index contributed by atoms with van der Waals surface area (Å²) in [5.41, 5.74) is 2.38. The zero-order valence-electron chi connectivity index (χ0n) is 12.9. The van der Waals surface area contributed by atoms with Crippen molar-refractivity contribution in [1.82, 2.24) is 5.32 Å². The van der Waals surface area contributed by atoms with Crippen LogP contribution in [-0.2, 0) is 0 Å². The van der Waals surface area contributed by atoms with Gasteiger partial charge in [-0.25, -0.2) is 8.78 Å². The van der Waals surface area contributed by atoms with E-state index in [9.17, 15) is 8.78 Å². The minimum atomic E-state index is -0.412. The summed E-state index contributed by atoms with van der Waals surface area (Å²) in [6.45, 7) is 4.55. The molecule has 116 valence electrons. The van der Waals surface area contributed by atoms with Crippen molar-refractivity contribution in [1.29, 1.82) is 0 Å². The van der Waals surface area contributed by atoms with Crippen molar-refractivity contribution in [2.24, 2.45) is 0 Å². The van der Waals surface area contributed by atoms with Crippen molar-refractivity contribution in [3.05, 3.63) is 77.4 Å². The van der Waals surface area contributed by atoms with E-state index in [0.717, 1.165) is 18.1 Å². The maximum absolute atomic E-state index is 13.8. The zero-order chi connectivity index (χ0) is 15.9. The Hall–Kier alpha value is -2.00. The van der Waals surface area contributed by atoms with E-state index in [4.69, 9.17) is 0 Å². The zero-order valence-corrected chi connectivity index (χ0v) is 12.9. The number of rotatable bonds is 2. The minimum absolute atomic E-state index is 0.0834. The molecule has 0 saturated heterocycles. The van der Waals surface area contributed by atoms with E-state index in [0.29, 0.717) is 12.1 Å². The van der Waals surface area contributed by atoms with E-state index in [1.165, 1.54) is 17.7 Å². The first-order valence-electron chi connectivity index (χ1n) is 7.66. The Balaban J connectivity index is 0.000000847. The first-order chi connectivity index (χ1) is 10.7. The maximum atomic E-state index is 13.8. The van der Waals surface area contributed by atoms with Crippen LogP contribution in [0, 0.1) is 11.6 Å². The highest BCUT2D eigenvalue weighted by Crippen LogP contribution is 2.26. The van der Waals surface area contributed by atoms with Crippen molar-refractivity contribution in [3.63, 3.8) is 0 Å². The maximum Gasteiger partial charge on any atom is 0.130 e. The van der Waals surface area contributed by atoms with Crippen LogP contribution in [0.5, 0.6) is 0 Å². The Morgan fingerprint density at radius 2 is 1.91 bits per heavy atom. The molecule has 0 spiro atoms. The largest absolute Gasteiger partial charge is 0.303 e. The van der Waals surface area contributed by atoms with E-state index in [-0.39, 0.29) is 11.9 Å². The van der Waals surface area contributed by atoms with Crippen LogP contribution in [0.25, 0.3) is 5.57 Å². The highest BCUT2D eigenvalue weighted by Gasteiger charge is 2.21. The van der Waals surface area contributed by atoms with Crippen LogP contribution in [0.4, 0.5) is 8.78 Å². The van der Waals surface area contributed by atoms with Crippen molar-refractivity contribution in [2.75, 3.05) is 6.54 Å². The Labute approximate surface area is 130 Å². The molecule has 1 aromatic carbocycles. The third kappa shape index (κ3) is 3.80. The highest BCUT2D eigenvalue weighted by molar-refractivity contribution is 5.71. The van der Waals surface area contributed by atoms with Crippen LogP contribution in [0.2, 0.25) is 0 Å². The summed E-state index contributed by atoms with van der Waals surface area (Å²) in [6, 6.07) is 3.66. The lowest BCUT2D eigenvalue weighted by molar-refractivity contribution is 0.596. The van der Waals surface area contributed by atoms with Gasteiger partial charge in [0.1, 0.15) is 11.6 Å². The molecule has 1 N–H and O–H groups in total. The molecule has 3 rings (SSSR count). The van der Waals surface area contributed by atoms with Gasteiger partial charge in [0.05, 0.1) is 0 Å². The van der Waals surface area contributed by atoms with Gasteiger partial charge >= 0.3 is 0 Å². The van der Waals surface area contributed by atoms with Gasteiger partial charge in [0.15, 0.2) is 0 Å². The quantitative estimate of drug-likeness (QED) is 0.828. The molecule has 0 saturated carbocycles. The molecule has 1 aromatic rings. The van der Waals surface area contributed by atoms with Gasteiger partial charge in [-0.1, -0.05) is 50.3 Å². The number of halogens is 2. The lowest BCUT2D eigenvalue weighted by atomic mass is 10.0. The second-order valence-corrected chi connectivity index (χ2v) is 4.93. The fourth-order valence-corrected chi connectivity index (χ4v) is 2.53. The van der Waals surface area contributed by atoms with Gasteiger partial charge in [-0.15, -0.1) is 0 Å². The van der Waals surface area contributed by atoms with Crippen LogP contribution in [0.3, 0.4) is 0 Å². The van der Waals surface area contributed by atoms with Crippen LogP contribution < -0.4 is 5.32 Å². The van der Waals surface area contributed by atoms with Crippen LogP contribution in [0.1, 0.15) is 25.8 Å². The fourth-order valence-electron chi connectivity index (χ4n) is 2.53. The predicted octanol–water partition coefficient (Wildman–Crippen LogP) is 4.79. The number of hydrogen-bond donors (Lipinski definition) is 1. The SMILES string of the molecule is CC.Fc1ccc(F)c(C2=CC(C3=CC=CC=CC3)NC2)c1. The molecule has 1 nitrogen and oxygen atoms in total. The van der Waals surface area contributed by atoms with Gasteiger partial charge in [-0.2, -0.15) is 0 Å². The Kier molecular flexibility index (Phi) is 5.84. The van der Waals surface area contributed by atoms with Crippen LogP contribution in [-0.4, -0.2) is 12.6 Å². The standard InChI is InChI=1S/C17H15F2N.C2H6/c18-14-7-8-16(19)15(10-14)13-9-17(20-11-13)12-5-3-1-2-4-6-12;1-2/h1-5,7-10,17,20H,6,11H2;1-2H3. The second kappa shape index (κ2) is 7.85. The Morgan fingerprint density at radius 3 is 2.73 bits per heavy atom. The van der Waals surface area contributed by atoms with Crippen molar-refractivity contribution >= 4 is 5.57 Å². The number of hydrogen-bond acceptors (Lipinski definition) is 1. The number of benzene rings is 1. The van der Waals surface area contributed by atoms with Crippen molar-refractivity contribution in [2.45, 2.75) is 26.3 Å². The lowest BCUT2D eigenvalue weighted by Gasteiger charge is -2.11. The van der Waals surface area contributed by atoms with Gasteiger partial charge in [0.2, 0.25) is 0 Å². The molecule has 1 atom stereocenters. The molecular formula is C19H21F2N. The Morgan fingerprint density at radius 1 is 1.09 bits per heavy atom. The second-order valence-electron chi connectivity index (χ2n) is 4.93. The molecule has 3 heteroatoms. The molecule has 0 fully saturated rings. The normalized spacial score (nSPS) is 19.9. The summed E-state index contributed by atoms with van der Waals surface area (Å²) < 4.78 is 27.0. The molecular weight excluding hydrogens is 280 g/mol. The summed E-state index contributed by atoms with van der Waals surface area (Å²) in [6.07, 6.45) is 13.0. The lowest BCUT2D eigenvalue weighted by Crippen LogP contribution is -2.24. The summed E-state index contributed by atoms with van der Waals surface area (Å²) in [4.78, 5) is 0. The monoisotopic (exact) mass is 301 g/mol. The molecule has 0 amide bonds. The topological polar surface area (TPSA) is 12.0 Å². The highest BCUT2D eigenvalue weighted by atomic mass is 19.1. The molecule has 1 aliphatic heterocycles. The third-order valence-corrected chi connectivity index (χ3v) is 3.58. The smallest absolute Gasteiger partial charge is 0.130 e. The number of allylic oxidation sites excluding steroid dienone is 5. The molecule has 2 aliphatic rings. The fraction of sp³-hybridized carbons (Fsp3) is 0.263. The number of nitrogens with one attached hydrogen (secondary N) is 1. The average Bonchev–Trinajstić information content (AvgIpc) is 2.87. The van der Waals surface area contributed by atoms with E-state index in [1.807, 2.05) is 38.2 Å². The van der Waals surface area contributed by atoms with Crippen LogP contribution in [0.15, 0.2) is 60.2 Å². The molecule has 1 unspecified atom stereocenters. The molecule has 22 heavy (non-hydrogen) atoms. The summed E-state index contributed by atoms with van der Waals surface area (Å²) in [7, 11) is 0. The van der Waals surface area contributed by atoms with E-state index >= 15 is 0 Å². The summed E-state index contributed by atoms with van der Waals surface area (Å²) >= 11 is 0. The first-order valence-corrected chi connectivity index (χ1v) is 7.66. The Bertz CT molecular complexity index is 639. The molecule has 1 aliphatic carbocycles. The molecule has 1 heterocycles. The van der Waals surface area contributed by atoms with Gasteiger partial charge in [0, 0.05) is 18.2 Å². The summed E-state index contributed by atoms with van der Waals surface area (Å²) in [5, 5.41) is 3.33. The van der Waals surface area contributed by atoms with E-state index in [1.54, 1.807) is 0 Å². The van der Waals surface area contributed by atoms with E-state index in [2.05, 4.69) is 17.5 Å². The van der Waals surface area contributed by atoms with Gasteiger partial charge in [-0.05, 0) is 35.8 Å². The minimum Gasteiger partial charge on any atom is -0.303 e. The molecule has 0 radical (unpaired) electrons. The van der Waals surface area contributed by atoms with Crippen LogP contribution >= 0.6 is 0 Å². The summed E-state index contributed by atoms with van der Waals surface area (Å²) in [5.74, 6) is -0.792. The van der Waals surface area contributed by atoms with Gasteiger partial charge in [0.25, 0.3) is 0 Å². The van der Waals surface area contributed by atoms with E-state index < -0.39 is 5.82 Å². The molecule has 0 bridgehead atoms. The van der Waals surface area contributed by atoms with Crippen molar-refractivity contribution < 1.29 is 8.78 Å². The third-order valence-electron chi connectivity index (χ3n) is 3.58. The van der Waals surface area contributed by atoms with Gasteiger partial charge in [-0.3, -0.25) is 0 Å². The molecule has 0 aromatic heterocycles. The first kappa shape index (κ1) is 16.4. The van der Waals surface area contributed by atoms with Gasteiger partial charge < -0.3 is 5.32 Å². The van der Waals surface area contributed by atoms with Crippen molar-refractivity contribution in [3.8, 4) is 0 Å².